The van der Waals surface area contributed by atoms with E-state index in [1.54, 1.807) is 0 Å². The van der Waals surface area contributed by atoms with E-state index < -0.39 is 12.6 Å². The molecule has 0 fully saturated rings. The first-order valence-corrected chi connectivity index (χ1v) is 3.63. The Morgan fingerprint density at radius 1 is 1.23 bits per heavy atom. The molecule has 1 nitrogen and oxygen atoms in total. The van der Waals surface area contributed by atoms with E-state index in [9.17, 15) is 18.0 Å². The molecule has 0 unspecified atom stereocenters. The van der Waals surface area contributed by atoms with Crippen LogP contribution in [0.25, 0.3) is 0 Å². The van der Waals surface area contributed by atoms with Crippen molar-refractivity contribution in [2.24, 2.45) is 0 Å². The normalized spacial score (nSPS) is 11.3. The second kappa shape index (κ2) is 3.60. The molecule has 13 heavy (non-hydrogen) atoms. The molecule has 0 amide bonds. The molecule has 70 valence electrons. The Kier molecular flexibility index (Phi) is 2.70. The Morgan fingerprint density at radius 2 is 1.85 bits per heavy atom. The first-order valence-electron chi connectivity index (χ1n) is 3.63. The second-order valence-corrected chi connectivity index (χ2v) is 2.61. The molecule has 0 radical (unpaired) electrons. The van der Waals surface area contributed by atoms with Gasteiger partial charge < -0.3 is 0 Å². The summed E-state index contributed by atoms with van der Waals surface area (Å²) in [4.78, 5) is 10.3. The maximum atomic E-state index is 11.9. The third-order valence-corrected chi connectivity index (χ3v) is 1.57. The fourth-order valence-corrected chi connectivity index (χ4v) is 1.03. The highest BCUT2D eigenvalue weighted by molar-refractivity contribution is 5.77. The zero-order valence-electron chi connectivity index (χ0n) is 6.64. The van der Waals surface area contributed by atoms with Gasteiger partial charge >= 0.3 is 6.18 Å². The van der Waals surface area contributed by atoms with Gasteiger partial charge in [0.2, 0.25) is 0 Å². The summed E-state index contributed by atoms with van der Waals surface area (Å²) in [6.45, 7) is 0. The molecule has 1 aromatic rings. The minimum atomic E-state index is -4.26. The third-order valence-electron chi connectivity index (χ3n) is 1.57. The van der Waals surface area contributed by atoms with E-state index in [2.05, 4.69) is 0 Å². The number of halogens is 3. The smallest absolute Gasteiger partial charge is 0.298 e. The van der Waals surface area contributed by atoms with E-state index in [0.717, 1.165) is 0 Å². The standard InChI is InChI=1S/C9H7F3O/c10-9(11,12)5-7-3-1-2-4-8(7)6-13/h1-4,6H,5H2. The lowest BCUT2D eigenvalue weighted by molar-refractivity contribution is -0.127. The number of benzene rings is 1. The van der Waals surface area contributed by atoms with E-state index in [4.69, 9.17) is 0 Å². The Hall–Kier alpha value is -1.32. The summed E-state index contributed by atoms with van der Waals surface area (Å²) in [7, 11) is 0. The Morgan fingerprint density at radius 3 is 2.38 bits per heavy atom. The van der Waals surface area contributed by atoms with Crippen LogP contribution in [-0.2, 0) is 6.42 Å². The van der Waals surface area contributed by atoms with E-state index >= 15 is 0 Å². The molecule has 0 spiro atoms. The number of rotatable bonds is 2. The van der Waals surface area contributed by atoms with Gasteiger partial charge in [0.05, 0.1) is 6.42 Å². The van der Waals surface area contributed by atoms with Gasteiger partial charge in [0.1, 0.15) is 6.29 Å². The molecule has 4 heteroatoms. The predicted octanol–water partition coefficient (Wildman–Crippen LogP) is 2.60. The molecule has 0 aromatic heterocycles. The maximum absolute atomic E-state index is 11.9. The lowest BCUT2D eigenvalue weighted by Gasteiger charge is -2.07. The third kappa shape index (κ3) is 2.89. The van der Waals surface area contributed by atoms with Gasteiger partial charge in [-0.1, -0.05) is 24.3 Å². The van der Waals surface area contributed by atoms with Crippen LogP contribution in [0.15, 0.2) is 24.3 Å². The van der Waals surface area contributed by atoms with Gasteiger partial charge in [0.25, 0.3) is 0 Å². The van der Waals surface area contributed by atoms with Crippen molar-refractivity contribution in [3.8, 4) is 0 Å². The van der Waals surface area contributed by atoms with Crippen molar-refractivity contribution in [1.29, 1.82) is 0 Å². The molecule has 1 aromatic carbocycles. The molecular formula is C9H7F3O. The number of hydrogen-bond acceptors (Lipinski definition) is 1. The van der Waals surface area contributed by atoms with Crippen molar-refractivity contribution in [2.45, 2.75) is 12.6 Å². The van der Waals surface area contributed by atoms with E-state index in [1.165, 1.54) is 24.3 Å². The fraction of sp³-hybridized carbons (Fsp3) is 0.222. The number of hydrogen-bond donors (Lipinski definition) is 0. The molecule has 0 N–H and O–H groups in total. The van der Waals surface area contributed by atoms with Gasteiger partial charge in [-0.3, -0.25) is 4.79 Å². The number of aldehydes is 1. The zero-order chi connectivity index (χ0) is 9.90. The lowest BCUT2D eigenvalue weighted by atomic mass is 10.1. The summed E-state index contributed by atoms with van der Waals surface area (Å²) in [6.07, 6.45) is -4.89. The van der Waals surface area contributed by atoms with Crippen molar-refractivity contribution in [3.63, 3.8) is 0 Å². The van der Waals surface area contributed by atoms with Gasteiger partial charge in [-0.05, 0) is 5.56 Å². The van der Waals surface area contributed by atoms with E-state index in [-0.39, 0.29) is 11.1 Å². The fourth-order valence-electron chi connectivity index (χ4n) is 1.03. The summed E-state index contributed by atoms with van der Waals surface area (Å²) in [5.74, 6) is 0. The largest absolute Gasteiger partial charge is 0.393 e. The lowest BCUT2D eigenvalue weighted by Crippen LogP contribution is -2.12. The summed E-state index contributed by atoms with van der Waals surface area (Å²) in [5, 5.41) is 0. The minimum Gasteiger partial charge on any atom is -0.298 e. The number of alkyl halides is 3. The first-order chi connectivity index (χ1) is 6.03. The van der Waals surface area contributed by atoms with E-state index in [1.807, 2.05) is 0 Å². The van der Waals surface area contributed by atoms with Crippen LogP contribution < -0.4 is 0 Å². The number of carbonyl (C=O) groups is 1. The van der Waals surface area contributed by atoms with Crippen LogP contribution in [0.5, 0.6) is 0 Å². The molecule has 0 heterocycles. The average Bonchev–Trinajstić information content (AvgIpc) is 2.02. The van der Waals surface area contributed by atoms with Crippen LogP contribution in [0.3, 0.4) is 0 Å². The van der Waals surface area contributed by atoms with Crippen molar-refractivity contribution in [3.05, 3.63) is 35.4 Å². The van der Waals surface area contributed by atoms with Crippen LogP contribution in [0.1, 0.15) is 15.9 Å². The molecule has 0 saturated heterocycles. The van der Waals surface area contributed by atoms with Crippen LogP contribution in [0.4, 0.5) is 13.2 Å². The highest BCUT2D eigenvalue weighted by Crippen LogP contribution is 2.22. The molecule has 0 aliphatic rings. The van der Waals surface area contributed by atoms with Crippen LogP contribution >= 0.6 is 0 Å². The van der Waals surface area contributed by atoms with Crippen molar-refractivity contribution in [1.82, 2.24) is 0 Å². The Bertz CT molecular complexity index is 304. The SMILES string of the molecule is O=Cc1ccccc1CC(F)(F)F. The summed E-state index contributed by atoms with van der Waals surface area (Å²) >= 11 is 0. The molecule has 0 bridgehead atoms. The van der Waals surface area contributed by atoms with Gasteiger partial charge in [0, 0.05) is 5.56 Å². The zero-order valence-corrected chi connectivity index (χ0v) is 6.64. The van der Waals surface area contributed by atoms with Crippen molar-refractivity contribution < 1.29 is 18.0 Å². The summed E-state index contributed by atoms with van der Waals surface area (Å²) in [6, 6.07) is 5.68. The molecule has 0 atom stereocenters. The average molecular weight is 188 g/mol. The summed E-state index contributed by atoms with van der Waals surface area (Å²) in [5.41, 5.74) is 0.116. The van der Waals surface area contributed by atoms with Crippen molar-refractivity contribution >= 4 is 6.29 Å². The second-order valence-electron chi connectivity index (χ2n) is 2.61. The molecular weight excluding hydrogens is 181 g/mol. The van der Waals surface area contributed by atoms with E-state index in [0.29, 0.717) is 6.29 Å². The topological polar surface area (TPSA) is 17.1 Å². The molecule has 0 aliphatic heterocycles. The molecule has 1 rings (SSSR count). The first kappa shape index (κ1) is 9.77. The van der Waals surface area contributed by atoms with Crippen molar-refractivity contribution in [2.75, 3.05) is 0 Å². The summed E-state index contributed by atoms with van der Waals surface area (Å²) < 4.78 is 35.8. The molecule has 0 aliphatic carbocycles. The van der Waals surface area contributed by atoms with Gasteiger partial charge in [-0.2, -0.15) is 13.2 Å². The predicted molar refractivity (Wildman–Crippen MR) is 41.6 cm³/mol. The number of carbonyl (C=O) groups excluding carboxylic acids is 1. The highest BCUT2D eigenvalue weighted by Gasteiger charge is 2.28. The monoisotopic (exact) mass is 188 g/mol. The van der Waals surface area contributed by atoms with Gasteiger partial charge in [-0.15, -0.1) is 0 Å². The maximum Gasteiger partial charge on any atom is 0.393 e. The van der Waals surface area contributed by atoms with Crippen LogP contribution in [-0.4, -0.2) is 12.5 Å². The Balaban J connectivity index is 2.94. The highest BCUT2D eigenvalue weighted by atomic mass is 19.4. The minimum absolute atomic E-state index is 0.0185. The molecule has 0 saturated carbocycles. The van der Waals surface area contributed by atoms with Gasteiger partial charge in [0.15, 0.2) is 0 Å². The quantitative estimate of drug-likeness (QED) is 0.652. The van der Waals surface area contributed by atoms with Gasteiger partial charge in [-0.25, -0.2) is 0 Å². The van der Waals surface area contributed by atoms with Crippen LogP contribution in [0.2, 0.25) is 0 Å². The van der Waals surface area contributed by atoms with Crippen LogP contribution in [0, 0.1) is 0 Å². The Labute approximate surface area is 73.2 Å².